The van der Waals surface area contributed by atoms with E-state index >= 15 is 0 Å². The van der Waals surface area contributed by atoms with Gasteiger partial charge in [-0.15, -0.1) is 24.8 Å². The van der Waals surface area contributed by atoms with E-state index in [1.165, 1.54) is 0 Å². The summed E-state index contributed by atoms with van der Waals surface area (Å²) in [6.07, 6.45) is 4.15. The number of pyridine rings is 1. The Morgan fingerprint density at radius 3 is 2.92 bits per heavy atom. The third-order valence-corrected chi connectivity index (χ3v) is 4.51. The molecule has 2 fully saturated rings. The van der Waals surface area contributed by atoms with E-state index in [9.17, 15) is 4.79 Å². The van der Waals surface area contributed by atoms with E-state index in [2.05, 4.69) is 27.4 Å². The van der Waals surface area contributed by atoms with Gasteiger partial charge in [0, 0.05) is 32.4 Å². The molecule has 2 unspecified atom stereocenters. The Bertz CT molecular complexity index is 524. The predicted molar refractivity (Wildman–Crippen MR) is 104 cm³/mol. The van der Waals surface area contributed by atoms with E-state index in [-0.39, 0.29) is 42.7 Å². The highest BCUT2D eigenvalue weighted by Gasteiger charge is 2.20. The number of morpholine rings is 1. The Kier molecular flexibility index (Phi) is 9.50. The summed E-state index contributed by atoms with van der Waals surface area (Å²) in [5, 5.41) is 6.29. The van der Waals surface area contributed by atoms with Crippen molar-refractivity contribution in [2.75, 3.05) is 37.7 Å². The summed E-state index contributed by atoms with van der Waals surface area (Å²) in [5.41, 5.74) is 1.03. The molecule has 142 valence electrons. The zero-order valence-corrected chi connectivity index (χ0v) is 16.2. The van der Waals surface area contributed by atoms with Crippen molar-refractivity contribution in [2.24, 2.45) is 5.92 Å². The maximum Gasteiger partial charge on any atom is 0.224 e. The number of aromatic nitrogens is 1. The number of nitrogens with zero attached hydrogens (tertiary/aromatic N) is 2. The molecule has 1 aromatic rings. The van der Waals surface area contributed by atoms with Crippen molar-refractivity contribution < 1.29 is 9.53 Å². The molecule has 3 rings (SSSR count). The molecule has 8 heteroatoms. The number of piperidine rings is 1. The Morgan fingerprint density at radius 2 is 2.28 bits per heavy atom. The van der Waals surface area contributed by atoms with E-state index in [1.54, 1.807) is 0 Å². The number of nitrogens with one attached hydrogen (secondary N) is 2. The van der Waals surface area contributed by atoms with Gasteiger partial charge in [0.1, 0.15) is 5.82 Å². The van der Waals surface area contributed by atoms with Crippen molar-refractivity contribution in [1.29, 1.82) is 0 Å². The largest absolute Gasteiger partial charge is 0.375 e. The third-order valence-electron chi connectivity index (χ3n) is 4.51. The molecule has 0 spiro atoms. The van der Waals surface area contributed by atoms with Crippen LogP contribution in [-0.4, -0.2) is 49.8 Å². The lowest BCUT2D eigenvalue weighted by atomic mass is 9.99. The number of anilines is 1. The molecular weight excluding hydrogens is 363 g/mol. The number of halogens is 2. The Balaban J connectivity index is 0.00000156. The quantitative estimate of drug-likeness (QED) is 0.819. The van der Waals surface area contributed by atoms with Crippen LogP contribution in [0.3, 0.4) is 0 Å². The molecule has 0 aromatic carbocycles. The molecule has 25 heavy (non-hydrogen) atoms. The van der Waals surface area contributed by atoms with Crippen LogP contribution < -0.4 is 15.5 Å². The molecule has 1 aromatic heterocycles. The van der Waals surface area contributed by atoms with Crippen LogP contribution in [0.2, 0.25) is 0 Å². The number of carbonyl (C=O) groups excluding carboxylic acids is 1. The van der Waals surface area contributed by atoms with Gasteiger partial charge in [-0.3, -0.25) is 4.79 Å². The van der Waals surface area contributed by atoms with Gasteiger partial charge in [0.2, 0.25) is 5.91 Å². The first kappa shape index (κ1) is 22.0. The van der Waals surface area contributed by atoms with Crippen LogP contribution in [0.5, 0.6) is 0 Å². The topological polar surface area (TPSA) is 66.5 Å². The maximum atomic E-state index is 12.1. The van der Waals surface area contributed by atoms with Crippen molar-refractivity contribution >= 4 is 36.5 Å². The number of rotatable bonds is 4. The molecule has 2 saturated heterocycles. The highest BCUT2D eigenvalue weighted by molar-refractivity contribution is 5.85. The molecule has 0 radical (unpaired) electrons. The van der Waals surface area contributed by atoms with Crippen molar-refractivity contribution in [1.82, 2.24) is 15.6 Å². The van der Waals surface area contributed by atoms with E-state index in [0.29, 0.717) is 6.54 Å². The smallest absolute Gasteiger partial charge is 0.224 e. The van der Waals surface area contributed by atoms with Crippen molar-refractivity contribution in [3.63, 3.8) is 0 Å². The molecule has 0 aliphatic carbocycles. The summed E-state index contributed by atoms with van der Waals surface area (Å²) in [4.78, 5) is 18.9. The second kappa shape index (κ2) is 10.8. The molecule has 2 aliphatic rings. The minimum atomic E-state index is 0. The van der Waals surface area contributed by atoms with Crippen LogP contribution in [-0.2, 0) is 16.1 Å². The Morgan fingerprint density at radius 1 is 1.44 bits per heavy atom. The third kappa shape index (κ3) is 6.29. The standard InChI is InChI=1S/C17H26N4O2.2ClH/c1-13-12-21(7-8-23-13)16-5-4-14(9-19-16)10-20-17(22)15-3-2-6-18-11-15;;/h4-5,9,13,15,18H,2-3,6-8,10-12H2,1H3,(H,20,22);2*1H. The fourth-order valence-corrected chi connectivity index (χ4v) is 3.14. The van der Waals surface area contributed by atoms with Crippen LogP contribution in [0.15, 0.2) is 18.3 Å². The molecular formula is C17H28Cl2N4O2. The van der Waals surface area contributed by atoms with Gasteiger partial charge in [0.15, 0.2) is 0 Å². The highest BCUT2D eigenvalue weighted by atomic mass is 35.5. The molecule has 2 N–H and O–H groups in total. The molecule has 0 saturated carbocycles. The van der Waals surface area contributed by atoms with Crippen molar-refractivity contribution in [2.45, 2.75) is 32.4 Å². The molecule has 2 atom stereocenters. The fourth-order valence-electron chi connectivity index (χ4n) is 3.14. The van der Waals surface area contributed by atoms with E-state index < -0.39 is 0 Å². The minimum Gasteiger partial charge on any atom is -0.375 e. The molecule has 0 bridgehead atoms. The first-order valence-corrected chi connectivity index (χ1v) is 8.52. The first-order chi connectivity index (χ1) is 11.2. The Labute approximate surface area is 161 Å². The SMILES string of the molecule is CC1CN(c2ccc(CNC(=O)C3CCCNC3)cn2)CCO1.Cl.Cl. The van der Waals surface area contributed by atoms with Crippen LogP contribution in [0, 0.1) is 5.92 Å². The average molecular weight is 391 g/mol. The van der Waals surface area contributed by atoms with E-state index in [0.717, 1.165) is 57.0 Å². The molecule has 1 amide bonds. The lowest BCUT2D eigenvalue weighted by Crippen LogP contribution is -2.41. The van der Waals surface area contributed by atoms with Gasteiger partial charge >= 0.3 is 0 Å². The summed E-state index contributed by atoms with van der Waals surface area (Å²) in [7, 11) is 0. The van der Waals surface area contributed by atoms with Crippen molar-refractivity contribution in [3.05, 3.63) is 23.9 Å². The summed E-state index contributed by atoms with van der Waals surface area (Å²) in [6, 6.07) is 4.07. The summed E-state index contributed by atoms with van der Waals surface area (Å²) < 4.78 is 5.55. The summed E-state index contributed by atoms with van der Waals surface area (Å²) in [5.74, 6) is 1.22. The van der Waals surface area contributed by atoms with Gasteiger partial charge in [-0.1, -0.05) is 6.07 Å². The zero-order chi connectivity index (χ0) is 16.1. The predicted octanol–water partition coefficient (Wildman–Crippen LogP) is 1.77. The van der Waals surface area contributed by atoms with E-state index in [1.807, 2.05) is 18.3 Å². The van der Waals surface area contributed by atoms with Crippen molar-refractivity contribution in [3.8, 4) is 0 Å². The van der Waals surface area contributed by atoms with Gasteiger partial charge < -0.3 is 20.3 Å². The second-order valence-corrected chi connectivity index (χ2v) is 6.41. The number of carbonyl (C=O) groups is 1. The van der Waals surface area contributed by atoms with Crippen LogP contribution in [0.25, 0.3) is 0 Å². The number of ether oxygens (including phenoxy) is 1. The summed E-state index contributed by atoms with van der Waals surface area (Å²) >= 11 is 0. The molecule has 6 nitrogen and oxygen atoms in total. The number of hydrogen-bond acceptors (Lipinski definition) is 5. The minimum absolute atomic E-state index is 0. The maximum absolute atomic E-state index is 12.1. The number of amides is 1. The Hall–Kier alpha value is -1.08. The van der Waals surface area contributed by atoms with Gasteiger partial charge in [-0.2, -0.15) is 0 Å². The monoisotopic (exact) mass is 390 g/mol. The van der Waals surface area contributed by atoms with Crippen LogP contribution >= 0.6 is 24.8 Å². The second-order valence-electron chi connectivity index (χ2n) is 6.41. The van der Waals surface area contributed by atoms with Gasteiger partial charge in [0.25, 0.3) is 0 Å². The van der Waals surface area contributed by atoms with Gasteiger partial charge in [0.05, 0.1) is 18.6 Å². The normalized spacial score (nSPS) is 23.2. The average Bonchev–Trinajstić information content (AvgIpc) is 2.61. The van der Waals surface area contributed by atoms with Gasteiger partial charge in [-0.25, -0.2) is 4.98 Å². The summed E-state index contributed by atoms with van der Waals surface area (Å²) in [6.45, 7) is 6.93. The molecule has 2 aliphatic heterocycles. The lowest BCUT2D eigenvalue weighted by molar-refractivity contribution is -0.125. The highest BCUT2D eigenvalue weighted by Crippen LogP contribution is 2.15. The van der Waals surface area contributed by atoms with Crippen LogP contribution in [0.1, 0.15) is 25.3 Å². The van der Waals surface area contributed by atoms with Crippen LogP contribution in [0.4, 0.5) is 5.82 Å². The lowest BCUT2D eigenvalue weighted by Gasteiger charge is -2.32. The van der Waals surface area contributed by atoms with Gasteiger partial charge in [-0.05, 0) is 37.9 Å². The van der Waals surface area contributed by atoms with E-state index in [4.69, 9.17) is 4.74 Å². The first-order valence-electron chi connectivity index (χ1n) is 8.52. The molecule has 3 heterocycles. The fraction of sp³-hybridized carbons (Fsp3) is 0.647. The zero-order valence-electron chi connectivity index (χ0n) is 14.6. The number of hydrogen-bond donors (Lipinski definition) is 2.